The first-order chi connectivity index (χ1) is 8.02. The lowest BCUT2D eigenvalue weighted by Gasteiger charge is -2.13. The molecule has 0 radical (unpaired) electrons. The van der Waals surface area contributed by atoms with Gasteiger partial charge in [0.05, 0.1) is 6.10 Å². The van der Waals surface area contributed by atoms with E-state index in [4.69, 9.17) is 0 Å². The third-order valence-corrected chi connectivity index (χ3v) is 4.10. The minimum absolute atomic E-state index is 0.232. The summed E-state index contributed by atoms with van der Waals surface area (Å²) in [6.07, 6.45) is 0.687. The first kappa shape index (κ1) is 14.5. The van der Waals surface area contributed by atoms with Crippen molar-refractivity contribution >= 4 is 11.8 Å². The highest BCUT2D eigenvalue weighted by atomic mass is 32.2. The molecule has 96 valence electrons. The third-order valence-electron chi connectivity index (χ3n) is 2.62. The molecule has 0 saturated heterocycles. The van der Waals surface area contributed by atoms with Gasteiger partial charge in [-0.15, -0.1) is 0 Å². The van der Waals surface area contributed by atoms with Crippen LogP contribution in [0, 0.1) is 11.6 Å². The largest absolute Gasteiger partial charge is 0.392 e. The van der Waals surface area contributed by atoms with Crippen LogP contribution in [0.1, 0.15) is 25.8 Å². The van der Waals surface area contributed by atoms with Crippen LogP contribution in [0.2, 0.25) is 0 Å². The summed E-state index contributed by atoms with van der Waals surface area (Å²) >= 11 is 1.67. The van der Waals surface area contributed by atoms with Crippen molar-refractivity contribution in [1.29, 1.82) is 0 Å². The molecular formula is C13H18F2OS. The van der Waals surface area contributed by atoms with Crippen LogP contribution in [0.15, 0.2) is 18.2 Å². The van der Waals surface area contributed by atoms with Gasteiger partial charge in [0, 0.05) is 23.5 Å². The molecule has 0 aromatic heterocycles. The molecule has 0 spiro atoms. The average molecular weight is 260 g/mol. The molecule has 0 aliphatic heterocycles. The van der Waals surface area contributed by atoms with Gasteiger partial charge in [0.2, 0.25) is 0 Å². The summed E-state index contributed by atoms with van der Waals surface area (Å²) in [5.41, 5.74) is 0.364. The topological polar surface area (TPSA) is 20.2 Å². The summed E-state index contributed by atoms with van der Waals surface area (Å²) in [7, 11) is 0. The molecule has 0 aliphatic carbocycles. The fourth-order valence-electron chi connectivity index (χ4n) is 1.39. The fourth-order valence-corrected chi connectivity index (χ4v) is 2.30. The quantitative estimate of drug-likeness (QED) is 0.846. The van der Waals surface area contributed by atoms with Crippen LogP contribution in [0.25, 0.3) is 0 Å². The number of aliphatic hydroxyl groups is 1. The van der Waals surface area contributed by atoms with E-state index in [1.807, 2.05) is 0 Å². The van der Waals surface area contributed by atoms with Crippen LogP contribution in [-0.2, 0) is 6.42 Å². The smallest absolute Gasteiger partial charge is 0.129 e. The van der Waals surface area contributed by atoms with Crippen LogP contribution in [-0.4, -0.2) is 22.2 Å². The van der Waals surface area contributed by atoms with Crippen molar-refractivity contribution in [3.63, 3.8) is 0 Å². The molecule has 1 rings (SSSR count). The monoisotopic (exact) mass is 260 g/mol. The standard InChI is InChI=1S/C13H18F2OS/c1-3-9(2)17-8-12(16)6-10-4-5-11(14)7-13(10)15/h4-5,7,9,12,16H,3,6,8H2,1-2H3. The minimum atomic E-state index is -0.589. The number of rotatable bonds is 6. The van der Waals surface area contributed by atoms with E-state index in [9.17, 15) is 13.9 Å². The highest BCUT2D eigenvalue weighted by Crippen LogP contribution is 2.18. The summed E-state index contributed by atoms with van der Waals surface area (Å²) < 4.78 is 26.0. The van der Waals surface area contributed by atoms with Crippen molar-refractivity contribution in [2.75, 3.05) is 5.75 Å². The van der Waals surface area contributed by atoms with Crippen LogP contribution < -0.4 is 0 Å². The SMILES string of the molecule is CCC(C)SCC(O)Cc1ccc(F)cc1F. The maximum absolute atomic E-state index is 13.3. The van der Waals surface area contributed by atoms with E-state index >= 15 is 0 Å². The van der Waals surface area contributed by atoms with Gasteiger partial charge in [-0.25, -0.2) is 8.78 Å². The Labute approximate surface area is 105 Å². The number of hydrogen-bond acceptors (Lipinski definition) is 2. The zero-order chi connectivity index (χ0) is 12.8. The van der Waals surface area contributed by atoms with Gasteiger partial charge in [0.15, 0.2) is 0 Å². The van der Waals surface area contributed by atoms with Gasteiger partial charge < -0.3 is 5.11 Å². The Morgan fingerprint density at radius 1 is 1.35 bits per heavy atom. The summed E-state index contributed by atoms with van der Waals surface area (Å²) in [6, 6.07) is 3.46. The van der Waals surface area contributed by atoms with Crippen molar-refractivity contribution in [2.24, 2.45) is 0 Å². The second kappa shape index (κ2) is 6.97. The molecule has 2 unspecified atom stereocenters. The van der Waals surface area contributed by atoms with Crippen LogP contribution >= 0.6 is 11.8 Å². The molecule has 17 heavy (non-hydrogen) atoms. The van der Waals surface area contributed by atoms with E-state index in [0.717, 1.165) is 12.5 Å². The Balaban J connectivity index is 2.47. The zero-order valence-electron chi connectivity index (χ0n) is 10.1. The second-order valence-corrected chi connectivity index (χ2v) is 5.62. The lowest BCUT2D eigenvalue weighted by molar-refractivity contribution is 0.198. The van der Waals surface area contributed by atoms with E-state index in [-0.39, 0.29) is 6.42 Å². The molecule has 1 aromatic rings. The molecular weight excluding hydrogens is 242 g/mol. The Morgan fingerprint density at radius 2 is 2.06 bits per heavy atom. The maximum Gasteiger partial charge on any atom is 0.129 e. The molecule has 4 heteroatoms. The maximum atomic E-state index is 13.3. The lowest BCUT2D eigenvalue weighted by atomic mass is 10.1. The Kier molecular flexibility index (Phi) is 5.92. The molecule has 0 aliphatic rings. The van der Waals surface area contributed by atoms with Crippen LogP contribution in [0.4, 0.5) is 8.78 Å². The highest BCUT2D eigenvalue weighted by molar-refractivity contribution is 7.99. The van der Waals surface area contributed by atoms with Crippen molar-refractivity contribution in [3.05, 3.63) is 35.4 Å². The van der Waals surface area contributed by atoms with Crippen molar-refractivity contribution in [2.45, 2.75) is 38.0 Å². The number of thioether (sulfide) groups is 1. The highest BCUT2D eigenvalue weighted by Gasteiger charge is 2.11. The van der Waals surface area contributed by atoms with Gasteiger partial charge in [-0.2, -0.15) is 11.8 Å². The van der Waals surface area contributed by atoms with Crippen molar-refractivity contribution in [1.82, 2.24) is 0 Å². The molecule has 2 atom stereocenters. The minimum Gasteiger partial charge on any atom is -0.392 e. The number of halogens is 2. The van der Waals surface area contributed by atoms with E-state index in [1.54, 1.807) is 11.8 Å². The van der Waals surface area contributed by atoms with E-state index in [1.165, 1.54) is 12.1 Å². The Morgan fingerprint density at radius 3 is 2.65 bits per heavy atom. The summed E-state index contributed by atoms with van der Waals surface area (Å²) in [4.78, 5) is 0. The van der Waals surface area contributed by atoms with Crippen LogP contribution in [0.5, 0.6) is 0 Å². The fraction of sp³-hybridized carbons (Fsp3) is 0.538. The predicted octanol–water partition coefficient (Wildman–Crippen LogP) is 3.40. The molecule has 0 amide bonds. The normalized spacial score (nSPS) is 14.6. The van der Waals surface area contributed by atoms with Gasteiger partial charge >= 0.3 is 0 Å². The van der Waals surface area contributed by atoms with E-state index in [0.29, 0.717) is 16.6 Å². The van der Waals surface area contributed by atoms with Gasteiger partial charge in [-0.1, -0.05) is 19.9 Å². The summed E-state index contributed by atoms with van der Waals surface area (Å²) in [6.45, 7) is 4.18. The number of hydrogen-bond donors (Lipinski definition) is 1. The van der Waals surface area contributed by atoms with Gasteiger partial charge in [0.25, 0.3) is 0 Å². The van der Waals surface area contributed by atoms with Crippen molar-refractivity contribution < 1.29 is 13.9 Å². The first-order valence-corrected chi connectivity index (χ1v) is 6.81. The van der Waals surface area contributed by atoms with Crippen molar-refractivity contribution in [3.8, 4) is 0 Å². The number of aliphatic hydroxyl groups excluding tert-OH is 1. The van der Waals surface area contributed by atoms with Gasteiger partial charge in [-0.05, 0) is 18.1 Å². The average Bonchev–Trinajstić information content (AvgIpc) is 2.29. The van der Waals surface area contributed by atoms with E-state index < -0.39 is 17.7 Å². The molecule has 0 saturated carbocycles. The summed E-state index contributed by atoms with van der Waals surface area (Å²) in [5.74, 6) is -0.599. The number of benzene rings is 1. The molecule has 1 aromatic carbocycles. The molecule has 1 nitrogen and oxygen atoms in total. The second-order valence-electron chi connectivity index (χ2n) is 4.15. The molecule has 0 bridgehead atoms. The lowest BCUT2D eigenvalue weighted by Crippen LogP contribution is -2.16. The first-order valence-electron chi connectivity index (χ1n) is 5.76. The van der Waals surface area contributed by atoms with Gasteiger partial charge in [0.1, 0.15) is 11.6 Å². The molecule has 1 N–H and O–H groups in total. The van der Waals surface area contributed by atoms with Gasteiger partial charge in [-0.3, -0.25) is 0 Å². The molecule has 0 fully saturated rings. The molecule has 0 heterocycles. The zero-order valence-corrected chi connectivity index (χ0v) is 10.9. The summed E-state index contributed by atoms with van der Waals surface area (Å²) in [5, 5.41) is 10.2. The van der Waals surface area contributed by atoms with Crippen LogP contribution in [0.3, 0.4) is 0 Å². The Hall–Kier alpha value is -0.610. The third kappa shape index (κ3) is 5.04. The van der Waals surface area contributed by atoms with E-state index in [2.05, 4.69) is 13.8 Å². The predicted molar refractivity (Wildman–Crippen MR) is 68.3 cm³/mol. The Bertz CT molecular complexity index is 357.